The number of rotatable bonds is 7. The largest absolute Gasteiger partial charge is 0.381 e. The van der Waals surface area contributed by atoms with Gasteiger partial charge in [-0.2, -0.15) is 0 Å². The molecule has 2 aliphatic rings. The fraction of sp³-hybridized carbons (Fsp3) is 0.696. The Morgan fingerprint density at radius 3 is 2.46 bits per heavy atom. The standard InChI is InChI=1S/C23H38N4O/c1-4-24-22(25-17-20(3)21-9-7-19(2)8-10-21)26-18-23(11-15-28-16-12-23)27-13-5-6-14-27/h7-10,20H,4-6,11-18H2,1-3H3,(H2,24,25,26). The molecule has 0 radical (unpaired) electrons. The lowest BCUT2D eigenvalue weighted by molar-refractivity contribution is -0.0139. The highest BCUT2D eigenvalue weighted by atomic mass is 16.5. The number of aryl methyl sites for hydroxylation is 1. The molecule has 2 fully saturated rings. The molecular weight excluding hydrogens is 348 g/mol. The number of nitrogens with zero attached hydrogens (tertiary/aromatic N) is 2. The van der Waals surface area contributed by atoms with E-state index in [1.807, 2.05) is 0 Å². The Morgan fingerprint density at radius 2 is 1.82 bits per heavy atom. The normalized spacial score (nSPS) is 21.5. The molecule has 2 heterocycles. The van der Waals surface area contributed by atoms with E-state index >= 15 is 0 Å². The van der Waals surface area contributed by atoms with Gasteiger partial charge >= 0.3 is 0 Å². The lowest BCUT2D eigenvalue weighted by Gasteiger charge is -2.43. The lowest BCUT2D eigenvalue weighted by Crippen LogP contribution is -2.54. The highest BCUT2D eigenvalue weighted by Gasteiger charge is 2.39. The second-order valence-corrected chi connectivity index (χ2v) is 8.42. The Hall–Kier alpha value is -1.59. The average molecular weight is 387 g/mol. The molecule has 2 N–H and O–H groups in total. The van der Waals surface area contributed by atoms with Crippen LogP contribution in [-0.2, 0) is 4.74 Å². The Morgan fingerprint density at radius 1 is 1.14 bits per heavy atom. The van der Waals surface area contributed by atoms with Crippen LogP contribution in [-0.4, -0.2) is 62.3 Å². The van der Waals surface area contributed by atoms with Crippen molar-refractivity contribution in [1.82, 2.24) is 15.5 Å². The van der Waals surface area contributed by atoms with Crippen LogP contribution in [0.1, 0.15) is 56.6 Å². The van der Waals surface area contributed by atoms with Crippen molar-refractivity contribution in [2.24, 2.45) is 4.99 Å². The van der Waals surface area contributed by atoms with Crippen LogP contribution < -0.4 is 10.6 Å². The first-order valence-corrected chi connectivity index (χ1v) is 11.0. The summed E-state index contributed by atoms with van der Waals surface area (Å²) in [4.78, 5) is 7.71. The maximum atomic E-state index is 5.67. The van der Waals surface area contributed by atoms with E-state index in [9.17, 15) is 0 Å². The van der Waals surface area contributed by atoms with Gasteiger partial charge in [0.15, 0.2) is 5.96 Å². The number of benzene rings is 1. The molecule has 5 heteroatoms. The van der Waals surface area contributed by atoms with Crippen molar-refractivity contribution in [3.63, 3.8) is 0 Å². The van der Waals surface area contributed by atoms with Gasteiger partial charge in [-0.25, -0.2) is 0 Å². The smallest absolute Gasteiger partial charge is 0.191 e. The quantitative estimate of drug-likeness (QED) is 0.558. The summed E-state index contributed by atoms with van der Waals surface area (Å²) in [6, 6.07) is 8.85. The molecule has 0 aliphatic carbocycles. The fourth-order valence-electron chi connectivity index (χ4n) is 4.35. The number of ether oxygens (including phenoxy) is 1. The lowest BCUT2D eigenvalue weighted by atomic mass is 9.88. The van der Waals surface area contributed by atoms with E-state index in [4.69, 9.17) is 9.73 Å². The summed E-state index contributed by atoms with van der Waals surface area (Å²) in [6.45, 7) is 13.3. The Bertz CT molecular complexity index is 616. The van der Waals surface area contributed by atoms with Crippen molar-refractivity contribution in [3.05, 3.63) is 35.4 Å². The van der Waals surface area contributed by atoms with E-state index in [0.717, 1.165) is 51.6 Å². The van der Waals surface area contributed by atoms with Gasteiger partial charge in [0.2, 0.25) is 0 Å². The van der Waals surface area contributed by atoms with Crippen LogP contribution in [0.25, 0.3) is 0 Å². The minimum Gasteiger partial charge on any atom is -0.381 e. The fourth-order valence-corrected chi connectivity index (χ4v) is 4.35. The zero-order valence-corrected chi connectivity index (χ0v) is 18.0. The van der Waals surface area contributed by atoms with Gasteiger partial charge in [0.1, 0.15) is 0 Å². The molecule has 0 bridgehead atoms. The summed E-state index contributed by atoms with van der Waals surface area (Å²) in [5.74, 6) is 1.38. The first-order chi connectivity index (χ1) is 13.6. The molecule has 0 aromatic heterocycles. The van der Waals surface area contributed by atoms with Crippen molar-refractivity contribution < 1.29 is 4.74 Å². The molecule has 1 aromatic rings. The van der Waals surface area contributed by atoms with Crippen molar-refractivity contribution >= 4 is 5.96 Å². The van der Waals surface area contributed by atoms with Gasteiger partial charge in [-0.15, -0.1) is 0 Å². The van der Waals surface area contributed by atoms with Crippen molar-refractivity contribution in [2.45, 2.75) is 57.9 Å². The molecule has 0 saturated carbocycles. The number of hydrogen-bond acceptors (Lipinski definition) is 3. The first-order valence-electron chi connectivity index (χ1n) is 11.0. The highest BCUT2D eigenvalue weighted by molar-refractivity contribution is 5.79. The predicted octanol–water partition coefficient (Wildman–Crippen LogP) is 3.30. The van der Waals surface area contributed by atoms with Gasteiger partial charge in [-0.3, -0.25) is 9.89 Å². The molecule has 1 atom stereocenters. The second-order valence-electron chi connectivity index (χ2n) is 8.42. The number of likely N-dealkylation sites (tertiary alicyclic amines) is 1. The van der Waals surface area contributed by atoms with Crippen LogP contribution in [0.5, 0.6) is 0 Å². The summed E-state index contributed by atoms with van der Waals surface area (Å²) in [5.41, 5.74) is 2.86. The Kier molecular flexibility index (Phi) is 7.74. The summed E-state index contributed by atoms with van der Waals surface area (Å²) >= 11 is 0. The van der Waals surface area contributed by atoms with Crippen molar-refractivity contribution in [3.8, 4) is 0 Å². The minimum atomic E-state index is 0.180. The zero-order valence-electron chi connectivity index (χ0n) is 18.0. The number of hydrogen-bond donors (Lipinski definition) is 2. The van der Waals surface area contributed by atoms with E-state index in [1.165, 1.54) is 37.1 Å². The molecule has 28 heavy (non-hydrogen) atoms. The van der Waals surface area contributed by atoms with E-state index < -0.39 is 0 Å². The molecular formula is C23H38N4O. The highest BCUT2D eigenvalue weighted by Crippen LogP contribution is 2.31. The monoisotopic (exact) mass is 386 g/mol. The Labute approximate surface area is 170 Å². The van der Waals surface area contributed by atoms with Crippen LogP contribution in [0.4, 0.5) is 0 Å². The Balaban J connectivity index is 1.62. The third-order valence-electron chi connectivity index (χ3n) is 6.30. The molecule has 5 nitrogen and oxygen atoms in total. The summed E-state index contributed by atoms with van der Waals surface area (Å²) < 4.78 is 5.67. The maximum Gasteiger partial charge on any atom is 0.191 e. The van der Waals surface area contributed by atoms with Gasteiger partial charge in [0.05, 0.1) is 6.54 Å². The third kappa shape index (κ3) is 5.48. The summed E-state index contributed by atoms with van der Waals surface area (Å²) in [7, 11) is 0. The molecule has 1 aromatic carbocycles. The topological polar surface area (TPSA) is 48.9 Å². The average Bonchev–Trinajstić information content (AvgIpc) is 3.27. The number of guanidine groups is 1. The van der Waals surface area contributed by atoms with Crippen LogP contribution in [0.2, 0.25) is 0 Å². The van der Waals surface area contributed by atoms with Gasteiger partial charge in [-0.1, -0.05) is 36.8 Å². The van der Waals surface area contributed by atoms with E-state index in [1.54, 1.807) is 0 Å². The SMILES string of the molecule is CCNC(=NCC1(N2CCCC2)CCOCC1)NCC(C)c1ccc(C)cc1. The van der Waals surface area contributed by atoms with E-state index in [0.29, 0.717) is 5.92 Å². The van der Waals surface area contributed by atoms with Gasteiger partial charge in [0, 0.05) is 31.8 Å². The maximum absolute atomic E-state index is 5.67. The van der Waals surface area contributed by atoms with Crippen LogP contribution in [0, 0.1) is 6.92 Å². The molecule has 1 unspecified atom stereocenters. The van der Waals surface area contributed by atoms with Gasteiger partial charge in [-0.05, 0) is 64.1 Å². The predicted molar refractivity (Wildman–Crippen MR) is 117 cm³/mol. The summed E-state index contributed by atoms with van der Waals surface area (Å²) in [6.07, 6.45) is 4.82. The number of aliphatic imine (C=N–C) groups is 1. The molecule has 156 valence electrons. The molecule has 3 rings (SSSR count). The summed E-state index contributed by atoms with van der Waals surface area (Å²) in [5, 5.41) is 7.01. The minimum absolute atomic E-state index is 0.180. The third-order valence-corrected chi connectivity index (χ3v) is 6.30. The zero-order chi connectivity index (χ0) is 19.8. The number of nitrogens with one attached hydrogen (secondary N) is 2. The van der Waals surface area contributed by atoms with Crippen molar-refractivity contribution in [1.29, 1.82) is 0 Å². The van der Waals surface area contributed by atoms with E-state index in [2.05, 4.69) is 60.6 Å². The van der Waals surface area contributed by atoms with Gasteiger partial charge < -0.3 is 15.4 Å². The molecule has 2 aliphatic heterocycles. The van der Waals surface area contributed by atoms with Crippen LogP contribution in [0.15, 0.2) is 29.3 Å². The first kappa shape index (κ1) is 21.1. The second kappa shape index (κ2) is 10.3. The van der Waals surface area contributed by atoms with Crippen LogP contribution >= 0.6 is 0 Å². The van der Waals surface area contributed by atoms with Crippen LogP contribution in [0.3, 0.4) is 0 Å². The van der Waals surface area contributed by atoms with Gasteiger partial charge in [0.25, 0.3) is 0 Å². The molecule has 2 saturated heterocycles. The van der Waals surface area contributed by atoms with Crippen molar-refractivity contribution in [2.75, 3.05) is 45.9 Å². The van der Waals surface area contributed by atoms with E-state index in [-0.39, 0.29) is 5.54 Å². The molecule has 0 spiro atoms. The molecule has 0 amide bonds.